The van der Waals surface area contributed by atoms with E-state index in [4.69, 9.17) is 4.74 Å². The van der Waals surface area contributed by atoms with E-state index in [2.05, 4.69) is 83.4 Å². The molecule has 0 radical (unpaired) electrons. The molecule has 0 saturated heterocycles. The summed E-state index contributed by atoms with van der Waals surface area (Å²) >= 11 is 0. The van der Waals surface area contributed by atoms with Crippen LogP contribution in [0.3, 0.4) is 0 Å². The first-order valence-electron chi connectivity index (χ1n) is 9.36. The molecule has 0 saturated carbocycles. The minimum Gasteiger partial charge on any atom is -0.497 e. The van der Waals surface area contributed by atoms with Gasteiger partial charge in [-0.25, -0.2) is 0 Å². The van der Waals surface area contributed by atoms with Crippen molar-refractivity contribution in [3.05, 3.63) is 102 Å². The Labute approximate surface area is 159 Å². The zero-order chi connectivity index (χ0) is 18.2. The molecule has 3 nitrogen and oxygen atoms in total. The molecule has 5 rings (SSSR count). The van der Waals surface area contributed by atoms with Gasteiger partial charge in [-0.3, -0.25) is 0 Å². The number of benzene rings is 2. The van der Waals surface area contributed by atoms with Gasteiger partial charge in [0.15, 0.2) is 0 Å². The predicted octanol–water partition coefficient (Wildman–Crippen LogP) is 4.91. The summed E-state index contributed by atoms with van der Waals surface area (Å²) in [6.45, 7) is 0. The van der Waals surface area contributed by atoms with Gasteiger partial charge in [-0.2, -0.15) is 0 Å². The number of para-hydroxylation sites is 1. The van der Waals surface area contributed by atoms with Gasteiger partial charge in [0.25, 0.3) is 0 Å². The summed E-state index contributed by atoms with van der Waals surface area (Å²) in [4.78, 5) is 3.45. The third-order valence-electron chi connectivity index (χ3n) is 5.68. The lowest BCUT2D eigenvalue weighted by Crippen LogP contribution is -2.26. The second kappa shape index (κ2) is 6.51. The lowest BCUT2D eigenvalue weighted by atomic mass is 9.77. The maximum Gasteiger partial charge on any atom is 0.118 e. The van der Waals surface area contributed by atoms with Gasteiger partial charge in [-0.1, -0.05) is 54.6 Å². The number of ether oxygens (including phenoxy) is 1. The maximum atomic E-state index is 5.37. The van der Waals surface area contributed by atoms with Crippen molar-refractivity contribution in [3.63, 3.8) is 0 Å². The number of aromatic nitrogens is 1. The van der Waals surface area contributed by atoms with Crippen molar-refractivity contribution < 1.29 is 4.74 Å². The van der Waals surface area contributed by atoms with Crippen molar-refractivity contribution in [2.45, 2.75) is 12.0 Å². The molecule has 2 aromatic carbocycles. The van der Waals surface area contributed by atoms with Gasteiger partial charge < -0.3 is 15.0 Å². The van der Waals surface area contributed by atoms with Crippen LogP contribution in [0.15, 0.2) is 90.8 Å². The zero-order valence-corrected chi connectivity index (χ0v) is 15.2. The van der Waals surface area contributed by atoms with Gasteiger partial charge in [0.2, 0.25) is 0 Å². The van der Waals surface area contributed by atoms with Gasteiger partial charge in [0.1, 0.15) is 5.75 Å². The van der Waals surface area contributed by atoms with Crippen molar-refractivity contribution in [1.29, 1.82) is 0 Å². The molecular weight excluding hydrogens is 332 g/mol. The summed E-state index contributed by atoms with van der Waals surface area (Å²) in [5.41, 5.74) is 5.16. The van der Waals surface area contributed by atoms with E-state index in [1.54, 1.807) is 7.11 Å². The average Bonchev–Trinajstić information content (AvgIpc) is 3.34. The van der Waals surface area contributed by atoms with Gasteiger partial charge >= 0.3 is 0 Å². The lowest BCUT2D eigenvalue weighted by Gasteiger charge is -2.26. The molecule has 134 valence electrons. The number of hydrogen-bond acceptors (Lipinski definition) is 2. The van der Waals surface area contributed by atoms with E-state index in [9.17, 15) is 0 Å². The van der Waals surface area contributed by atoms with Crippen LogP contribution in [-0.2, 0) is 0 Å². The molecule has 0 amide bonds. The van der Waals surface area contributed by atoms with E-state index in [0.717, 1.165) is 5.75 Å². The number of aromatic amines is 1. The first kappa shape index (κ1) is 16.0. The molecule has 0 bridgehead atoms. The highest BCUT2D eigenvalue weighted by Crippen LogP contribution is 2.43. The quantitative estimate of drug-likeness (QED) is 0.699. The molecular formula is C24H22N2O. The minimum absolute atomic E-state index is 0.186. The Morgan fingerprint density at radius 1 is 0.963 bits per heavy atom. The molecule has 2 N–H and O–H groups in total. The van der Waals surface area contributed by atoms with E-state index in [0.29, 0.717) is 12.0 Å². The topological polar surface area (TPSA) is 37.0 Å². The monoisotopic (exact) mass is 354 g/mol. The van der Waals surface area contributed by atoms with Gasteiger partial charge in [0.05, 0.1) is 13.2 Å². The molecule has 3 unspecified atom stereocenters. The average molecular weight is 354 g/mol. The summed E-state index contributed by atoms with van der Waals surface area (Å²) in [6, 6.07) is 17.3. The first-order valence-corrected chi connectivity index (χ1v) is 9.36. The summed E-state index contributed by atoms with van der Waals surface area (Å²) < 4.78 is 5.37. The number of H-pyrrole nitrogens is 1. The molecule has 1 aliphatic carbocycles. The summed E-state index contributed by atoms with van der Waals surface area (Å²) in [5, 5.41) is 4.83. The Morgan fingerprint density at radius 2 is 1.78 bits per heavy atom. The molecule has 1 aliphatic heterocycles. The minimum atomic E-state index is 0.186. The fourth-order valence-electron chi connectivity index (χ4n) is 4.33. The van der Waals surface area contributed by atoms with Crippen LogP contribution in [0.1, 0.15) is 17.0 Å². The third kappa shape index (κ3) is 2.67. The fraction of sp³-hybridized carbons (Fsp3) is 0.167. The highest BCUT2D eigenvalue weighted by molar-refractivity contribution is 5.85. The van der Waals surface area contributed by atoms with Crippen molar-refractivity contribution in [2.24, 2.45) is 5.92 Å². The smallest absolute Gasteiger partial charge is 0.118 e. The molecule has 0 spiro atoms. The normalized spacial score (nSPS) is 21.6. The number of methoxy groups -OCH3 is 1. The molecule has 27 heavy (non-hydrogen) atoms. The molecule has 0 fully saturated rings. The SMILES string of the molecule is COc1ccc(C(C2=CNC3C=CC=CC23)c2c[nH]c3ccccc23)cc1. The molecule has 1 aromatic heterocycles. The van der Waals surface area contributed by atoms with Gasteiger partial charge in [-0.15, -0.1) is 0 Å². The Balaban J connectivity index is 1.66. The molecule has 2 aliphatic rings. The van der Waals surface area contributed by atoms with Crippen LogP contribution in [0, 0.1) is 5.92 Å². The first-order chi connectivity index (χ1) is 13.3. The Bertz CT molecular complexity index is 1060. The number of hydrogen-bond donors (Lipinski definition) is 2. The number of fused-ring (bicyclic) bond motifs is 2. The number of rotatable bonds is 4. The molecule has 2 heterocycles. The van der Waals surface area contributed by atoms with E-state index >= 15 is 0 Å². The van der Waals surface area contributed by atoms with Crippen LogP contribution < -0.4 is 10.1 Å². The van der Waals surface area contributed by atoms with Crippen LogP contribution in [-0.4, -0.2) is 18.1 Å². The van der Waals surface area contributed by atoms with Crippen molar-refractivity contribution in [1.82, 2.24) is 10.3 Å². The van der Waals surface area contributed by atoms with Crippen LogP contribution in [0.2, 0.25) is 0 Å². The highest BCUT2D eigenvalue weighted by atomic mass is 16.5. The lowest BCUT2D eigenvalue weighted by molar-refractivity contribution is 0.414. The van der Waals surface area contributed by atoms with Gasteiger partial charge in [-0.05, 0) is 41.1 Å². The molecule has 3 atom stereocenters. The van der Waals surface area contributed by atoms with Crippen molar-refractivity contribution in [2.75, 3.05) is 7.11 Å². The maximum absolute atomic E-state index is 5.37. The largest absolute Gasteiger partial charge is 0.497 e. The van der Waals surface area contributed by atoms with Crippen LogP contribution in [0.25, 0.3) is 10.9 Å². The number of nitrogens with one attached hydrogen (secondary N) is 2. The van der Waals surface area contributed by atoms with Crippen LogP contribution in [0.5, 0.6) is 5.75 Å². The van der Waals surface area contributed by atoms with E-state index in [-0.39, 0.29) is 5.92 Å². The molecule has 3 heteroatoms. The summed E-state index contributed by atoms with van der Waals surface area (Å²) in [6.07, 6.45) is 13.2. The van der Waals surface area contributed by atoms with Crippen molar-refractivity contribution >= 4 is 10.9 Å². The Kier molecular flexibility index (Phi) is 3.86. The molecule has 3 aromatic rings. The van der Waals surface area contributed by atoms with E-state index in [1.165, 1.54) is 27.6 Å². The number of allylic oxidation sites excluding steroid dienone is 2. The summed E-state index contributed by atoms with van der Waals surface area (Å²) in [7, 11) is 1.71. The Hall–Kier alpha value is -3.20. The van der Waals surface area contributed by atoms with Crippen LogP contribution in [0.4, 0.5) is 0 Å². The highest BCUT2D eigenvalue weighted by Gasteiger charge is 2.34. The Morgan fingerprint density at radius 3 is 2.63 bits per heavy atom. The van der Waals surface area contributed by atoms with E-state index in [1.807, 2.05) is 12.1 Å². The van der Waals surface area contributed by atoms with Gasteiger partial charge in [0, 0.05) is 28.9 Å². The van der Waals surface area contributed by atoms with E-state index < -0.39 is 0 Å². The standard InChI is InChI=1S/C24H22N2O/c1-27-17-12-10-16(11-13-17)24(20-14-25-22-8-4-2-6-18(20)22)21-15-26-23-9-5-3-7-19(21)23/h2-15,18,22,24-26H,1H3. The summed E-state index contributed by atoms with van der Waals surface area (Å²) in [5.74, 6) is 1.44. The van der Waals surface area contributed by atoms with Crippen LogP contribution >= 0.6 is 0 Å². The predicted molar refractivity (Wildman–Crippen MR) is 110 cm³/mol. The third-order valence-corrected chi connectivity index (χ3v) is 5.68. The zero-order valence-electron chi connectivity index (χ0n) is 15.2. The fourth-order valence-corrected chi connectivity index (χ4v) is 4.33. The second-order valence-electron chi connectivity index (χ2n) is 7.13. The second-order valence-corrected chi connectivity index (χ2v) is 7.13. The van der Waals surface area contributed by atoms with Crippen molar-refractivity contribution in [3.8, 4) is 5.75 Å².